The van der Waals surface area contributed by atoms with Gasteiger partial charge < -0.3 is 9.88 Å². The van der Waals surface area contributed by atoms with Gasteiger partial charge in [0.05, 0.1) is 30.8 Å². The highest BCUT2D eigenvalue weighted by atomic mass is 16.2. The number of carbonyl (C=O) groups is 2. The van der Waals surface area contributed by atoms with Crippen LogP contribution in [0.5, 0.6) is 0 Å². The van der Waals surface area contributed by atoms with Crippen LogP contribution in [0.4, 0.5) is 4.79 Å². The Morgan fingerprint density at radius 2 is 2.05 bits per heavy atom. The molecule has 0 aliphatic carbocycles. The average Bonchev–Trinajstić information content (AvgIpc) is 3.06. The van der Waals surface area contributed by atoms with E-state index in [1.807, 2.05) is 30.3 Å². The first kappa shape index (κ1) is 12.1. The number of carbonyl (C=O) groups excluding carboxylic acids is 2. The zero-order valence-electron chi connectivity index (χ0n) is 11.3. The van der Waals surface area contributed by atoms with Gasteiger partial charge in [0, 0.05) is 6.42 Å². The van der Waals surface area contributed by atoms with Crippen molar-refractivity contribution in [2.24, 2.45) is 0 Å². The van der Waals surface area contributed by atoms with Crippen LogP contribution in [0, 0.1) is 0 Å². The number of fused-ring (bicyclic) bond motifs is 2. The van der Waals surface area contributed by atoms with Crippen LogP contribution in [0.1, 0.15) is 17.0 Å². The molecule has 1 N–H and O–H groups in total. The number of amides is 3. The van der Waals surface area contributed by atoms with E-state index in [0.717, 1.165) is 17.0 Å². The van der Waals surface area contributed by atoms with E-state index in [9.17, 15) is 9.59 Å². The molecule has 6 heteroatoms. The zero-order chi connectivity index (χ0) is 14.4. The lowest BCUT2D eigenvalue weighted by Gasteiger charge is -2.25. The van der Waals surface area contributed by atoms with Crippen LogP contribution < -0.4 is 0 Å². The second-order valence-corrected chi connectivity index (χ2v) is 5.37. The molecule has 2 aromatic rings. The third kappa shape index (κ3) is 1.83. The predicted molar refractivity (Wildman–Crippen MR) is 74.0 cm³/mol. The summed E-state index contributed by atoms with van der Waals surface area (Å²) in [6, 6.07) is 8.94. The molecular formula is C15H14N4O2. The highest BCUT2D eigenvalue weighted by molar-refractivity contribution is 6.04. The molecule has 0 unspecified atom stereocenters. The van der Waals surface area contributed by atoms with Crippen molar-refractivity contribution in [1.82, 2.24) is 19.8 Å². The van der Waals surface area contributed by atoms with E-state index in [1.54, 1.807) is 11.2 Å². The number of aromatic amines is 1. The van der Waals surface area contributed by atoms with Crippen molar-refractivity contribution in [2.75, 3.05) is 0 Å². The minimum atomic E-state index is -0.406. The largest absolute Gasteiger partial charge is 0.347 e. The van der Waals surface area contributed by atoms with E-state index in [-0.39, 0.29) is 11.9 Å². The van der Waals surface area contributed by atoms with E-state index >= 15 is 0 Å². The summed E-state index contributed by atoms with van der Waals surface area (Å²) >= 11 is 0. The summed E-state index contributed by atoms with van der Waals surface area (Å²) in [5.74, 6) is -0.127. The molecule has 0 radical (unpaired) electrons. The van der Waals surface area contributed by atoms with Gasteiger partial charge in [0.1, 0.15) is 6.04 Å². The first-order valence-electron chi connectivity index (χ1n) is 6.91. The Morgan fingerprint density at radius 1 is 1.24 bits per heavy atom. The Morgan fingerprint density at radius 3 is 2.86 bits per heavy atom. The first-order chi connectivity index (χ1) is 10.2. The molecule has 0 spiro atoms. The van der Waals surface area contributed by atoms with Crippen molar-refractivity contribution in [2.45, 2.75) is 25.6 Å². The molecule has 4 rings (SSSR count). The van der Waals surface area contributed by atoms with Crippen molar-refractivity contribution in [3.8, 4) is 0 Å². The summed E-state index contributed by atoms with van der Waals surface area (Å²) in [4.78, 5) is 35.2. The van der Waals surface area contributed by atoms with Gasteiger partial charge in [-0.2, -0.15) is 0 Å². The molecule has 106 valence electrons. The molecule has 1 saturated heterocycles. The quantitative estimate of drug-likeness (QED) is 0.844. The molecule has 0 saturated carbocycles. The number of urea groups is 1. The van der Waals surface area contributed by atoms with Crippen molar-refractivity contribution in [1.29, 1.82) is 0 Å². The lowest BCUT2D eigenvalue weighted by atomic mass is 10.0. The number of benzene rings is 1. The van der Waals surface area contributed by atoms with Gasteiger partial charge in [-0.25, -0.2) is 9.78 Å². The monoisotopic (exact) mass is 282 g/mol. The maximum atomic E-state index is 12.5. The molecule has 1 aromatic carbocycles. The van der Waals surface area contributed by atoms with Gasteiger partial charge in [0.25, 0.3) is 5.91 Å². The summed E-state index contributed by atoms with van der Waals surface area (Å²) < 4.78 is 0. The fourth-order valence-electron chi connectivity index (χ4n) is 3.00. The van der Waals surface area contributed by atoms with Crippen LogP contribution in [0.3, 0.4) is 0 Å². The molecule has 2 aliphatic heterocycles. The minimum Gasteiger partial charge on any atom is -0.347 e. The number of imidazole rings is 1. The van der Waals surface area contributed by atoms with Crippen LogP contribution in [0.15, 0.2) is 36.7 Å². The van der Waals surface area contributed by atoms with Crippen molar-refractivity contribution in [3.63, 3.8) is 0 Å². The topological polar surface area (TPSA) is 69.3 Å². The summed E-state index contributed by atoms with van der Waals surface area (Å²) in [5.41, 5.74) is 2.77. The number of hydrogen-bond acceptors (Lipinski definition) is 3. The minimum absolute atomic E-state index is 0.127. The standard InChI is InChI=1S/C15H14N4O2/c20-14-13-6-11-12(17-9-16-11)8-18(13)15(21)19(14)7-10-4-2-1-3-5-10/h1-5,9,13H,6-8H2,(H,16,17)/t13-/m0/s1. The number of H-pyrrole nitrogens is 1. The highest BCUT2D eigenvalue weighted by Gasteiger charge is 2.47. The van der Waals surface area contributed by atoms with Crippen molar-refractivity contribution >= 4 is 11.9 Å². The van der Waals surface area contributed by atoms with E-state index in [1.165, 1.54) is 4.90 Å². The van der Waals surface area contributed by atoms with Gasteiger partial charge in [-0.15, -0.1) is 0 Å². The molecular weight excluding hydrogens is 268 g/mol. The summed E-state index contributed by atoms with van der Waals surface area (Å²) in [5, 5.41) is 0. The average molecular weight is 282 g/mol. The van der Waals surface area contributed by atoms with Crippen LogP contribution in [0.25, 0.3) is 0 Å². The number of rotatable bonds is 2. The number of aromatic nitrogens is 2. The molecule has 3 heterocycles. The molecule has 6 nitrogen and oxygen atoms in total. The third-order valence-corrected chi connectivity index (χ3v) is 4.11. The highest BCUT2D eigenvalue weighted by Crippen LogP contribution is 2.29. The zero-order valence-corrected chi connectivity index (χ0v) is 11.3. The maximum Gasteiger partial charge on any atom is 0.328 e. The maximum absolute atomic E-state index is 12.5. The fourth-order valence-corrected chi connectivity index (χ4v) is 3.00. The number of nitrogens with one attached hydrogen (secondary N) is 1. The van der Waals surface area contributed by atoms with Gasteiger partial charge >= 0.3 is 6.03 Å². The second kappa shape index (κ2) is 4.44. The second-order valence-electron chi connectivity index (χ2n) is 5.37. The first-order valence-corrected chi connectivity index (χ1v) is 6.91. The van der Waals surface area contributed by atoms with Gasteiger partial charge in [-0.1, -0.05) is 30.3 Å². The Kier molecular flexibility index (Phi) is 2.57. The molecule has 1 atom stereocenters. The Bertz CT molecular complexity index is 671. The van der Waals surface area contributed by atoms with Crippen molar-refractivity contribution < 1.29 is 9.59 Å². The Hall–Kier alpha value is -2.63. The lowest BCUT2D eigenvalue weighted by molar-refractivity contribution is -0.128. The molecule has 1 aromatic heterocycles. The number of imide groups is 1. The molecule has 2 aliphatic rings. The third-order valence-electron chi connectivity index (χ3n) is 4.11. The van der Waals surface area contributed by atoms with E-state index in [2.05, 4.69) is 9.97 Å². The number of nitrogens with zero attached hydrogens (tertiary/aromatic N) is 3. The van der Waals surface area contributed by atoms with Gasteiger partial charge in [0.2, 0.25) is 0 Å². The van der Waals surface area contributed by atoms with Crippen LogP contribution in [-0.4, -0.2) is 37.7 Å². The molecule has 1 fully saturated rings. The van der Waals surface area contributed by atoms with Crippen LogP contribution in [-0.2, 0) is 24.3 Å². The van der Waals surface area contributed by atoms with Crippen LogP contribution in [0.2, 0.25) is 0 Å². The van der Waals surface area contributed by atoms with Crippen molar-refractivity contribution in [3.05, 3.63) is 53.6 Å². The number of hydrogen-bond donors (Lipinski definition) is 1. The Balaban J connectivity index is 1.61. The SMILES string of the molecule is O=C1[C@@H]2Cc3nc[nH]c3CN2C(=O)N1Cc1ccccc1. The molecule has 21 heavy (non-hydrogen) atoms. The predicted octanol–water partition coefficient (Wildman–Crippen LogP) is 1.30. The lowest BCUT2D eigenvalue weighted by Crippen LogP contribution is -2.40. The van der Waals surface area contributed by atoms with E-state index in [4.69, 9.17) is 0 Å². The van der Waals surface area contributed by atoms with E-state index in [0.29, 0.717) is 19.5 Å². The van der Waals surface area contributed by atoms with Crippen LogP contribution >= 0.6 is 0 Å². The fraction of sp³-hybridized carbons (Fsp3) is 0.267. The van der Waals surface area contributed by atoms with E-state index < -0.39 is 6.04 Å². The summed E-state index contributed by atoms with van der Waals surface area (Å²) in [7, 11) is 0. The normalized spacial score (nSPS) is 20.7. The molecule has 3 amide bonds. The Labute approximate surface area is 121 Å². The summed E-state index contributed by atoms with van der Waals surface area (Å²) in [6.07, 6.45) is 2.11. The van der Waals surface area contributed by atoms with Gasteiger partial charge in [-0.3, -0.25) is 9.69 Å². The van der Waals surface area contributed by atoms with Gasteiger partial charge in [0.15, 0.2) is 0 Å². The smallest absolute Gasteiger partial charge is 0.328 e. The summed E-state index contributed by atoms with van der Waals surface area (Å²) in [6.45, 7) is 0.753. The molecule has 0 bridgehead atoms. The van der Waals surface area contributed by atoms with Gasteiger partial charge in [-0.05, 0) is 5.56 Å².